The normalized spacial score (nSPS) is 39.3. The SMILES string of the molecule is C=C1CC[C@H](O)C(O)/C1=C/C=C1\CCC[C@]2(C)[C@@H]([C@H](C)/C=C/[C@H](C)C(C)(C)O)CC[C@@H]12. The Kier molecular flexibility index (Phi) is 7.40. The van der Waals surface area contributed by atoms with E-state index in [-0.39, 0.29) is 5.92 Å². The molecule has 3 saturated carbocycles. The van der Waals surface area contributed by atoms with E-state index in [0.29, 0.717) is 29.6 Å². The van der Waals surface area contributed by atoms with Gasteiger partial charge >= 0.3 is 0 Å². The molecule has 174 valence electrons. The Hall–Kier alpha value is -1.16. The number of fused-ring (bicyclic) bond motifs is 1. The monoisotopic (exact) mass is 428 g/mol. The second-order valence-electron chi connectivity index (χ2n) is 11.3. The summed E-state index contributed by atoms with van der Waals surface area (Å²) in [7, 11) is 0. The third-order valence-corrected chi connectivity index (χ3v) is 8.80. The molecule has 3 heteroatoms. The highest BCUT2D eigenvalue weighted by molar-refractivity contribution is 5.39. The maximum atomic E-state index is 10.4. The molecule has 0 heterocycles. The predicted octanol–water partition coefficient (Wildman–Crippen LogP) is 5.73. The van der Waals surface area contributed by atoms with E-state index < -0.39 is 17.8 Å². The molecule has 0 aromatic rings. The topological polar surface area (TPSA) is 60.7 Å². The van der Waals surface area contributed by atoms with Gasteiger partial charge in [-0.1, -0.05) is 57.2 Å². The first-order valence-electron chi connectivity index (χ1n) is 12.3. The quantitative estimate of drug-likeness (QED) is 0.490. The Bertz CT molecular complexity index is 753. The van der Waals surface area contributed by atoms with Gasteiger partial charge in [-0.15, -0.1) is 0 Å². The van der Waals surface area contributed by atoms with Crippen LogP contribution in [0.5, 0.6) is 0 Å². The Morgan fingerprint density at radius 2 is 1.77 bits per heavy atom. The lowest BCUT2D eigenvalue weighted by atomic mass is 9.61. The minimum absolute atomic E-state index is 0.138. The molecule has 3 aliphatic rings. The van der Waals surface area contributed by atoms with Crippen molar-refractivity contribution in [2.75, 3.05) is 0 Å². The van der Waals surface area contributed by atoms with E-state index in [4.69, 9.17) is 0 Å². The maximum absolute atomic E-state index is 10.4. The number of allylic oxidation sites excluding steroid dienone is 4. The van der Waals surface area contributed by atoms with Crippen LogP contribution in [0.1, 0.15) is 79.6 Å². The summed E-state index contributed by atoms with van der Waals surface area (Å²) in [5.41, 5.74) is 2.88. The highest BCUT2D eigenvalue weighted by Crippen LogP contribution is 2.59. The average molecular weight is 429 g/mol. The zero-order chi connectivity index (χ0) is 23.0. The number of hydrogen-bond donors (Lipinski definition) is 3. The van der Waals surface area contributed by atoms with E-state index in [1.54, 1.807) is 0 Å². The summed E-state index contributed by atoms with van der Waals surface area (Å²) in [6.45, 7) is 14.8. The maximum Gasteiger partial charge on any atom is 0.105 e. The summed E-state index contributed by atoms with van der Waals surface area (Å²) in [4.78, 5) is 0. The van der Waals surface area contributed by atoms with Crippen molar-refractivity contribution in [3.8, 4) is 0 Å². The summed E-state index contributed by atoms with van der Waals surface area (Å²) in [6.07, 6.45) is 14.7. The minimum Gasteiger partial charge on any atom is -0.390 e. The smallest absolute Gasteiger partial charge is 0.105 e. The third-order valence-electron chi connectivity index (χ3n) is 8.80. The van der Waals surface area contributed by atoms with E-state index in [1.807, 2.05) is 19.9 Å². The minimum atomic E-state index is -0.813. The van der Waals surface area contributed by atoms with E-state index in [1.165, 1.54) is 31.3 Å². The van der Waals surface area contributed by atoms with Gasteiger partial charge in [-0.3, -0.25) is 0 Å². The fourth-order valence-corrected chi connectivity index (χ4v) is 6.31. The van der Waals surface area contributed by atoms with E-state index >= 15 is 0 Å². The molecule has 1 unspecified atom stereocenters. The zero-order valence-corrected chi connectivity index (χ0v) is 20.3. The van der Waals surface area contributed by atoms with Gasteiger partial charge in [0.15, 0.2) is 0 Å². The molecule has 7 atom stereocenters. The average Bonchev–Trinajstić information content (AvgIpc) is 3.05. The largest absolute Gasteiger partial charge is 0.390 e. The molecular formula is C28H44O3. The molecule has 0 amide bonds. The molecule has 3 fully saturated rings. The van der Waals surface area contributed by atoms with Gasteiger partial charge in [-0.2, -0.15) is 0 Å². The molecule has 31 heavy (non-hydrogen) atoms. The Balaban J connectivity index is 1.78. The van der Waals surface area contributed by atoms with Crippen molar-refractivity contribution in [3.05, 3.63) is 47.6 Å². The van der Waals surface area contributed by atoms with Crippen LogP contribution in [0.2, 0.25) is 0 Å². The lowest BCUT2D eigenvalue weighted by Crippen LogP contribution is -2.35. The lowest BCUT2D eigenvalue weighted by Gasteiger charge is -2.44. The number of aliphatic hydroxyl groups excluding tert-OH is 2. The van der Waals surface area contributed by atoms with Crippen LogP contribution in [0, 0.1) is 29.1 Å². The summed E-state index contributed by atoms with van der Waals surface area (Å²) in [6, 6.07) is 0. The molecule has 0 radical (unpaired) electrons. The molecule has 3 rings (SSSR count). The van der Waals surface area contributed by atoms with Crippen LogP contribution < -0.4 is 0 Å². The molecule has 3 nitrogen and oxygen atoms in total. The van der Waals surface area contributed by atoms with Gasteiger partial charge in [-0.25, -0.2) is 0 Å². The van der Waals surface area contributed by atoms with Gasteiger partial charge in [0.2, 0.25) is 0 Å². The second-order valence-corrected chi connectivity index (χ2v) is 11.3. The van der Waals surface area contributed by atoms with Gasteiger partial charge in [0.1, 0.15) is 6.10 Å². The van der Waals surface area contributed by atoms with Crippen molar-refractivity contribution in [2.24, 2.45) is 29.1 Å². The molecule has 0 saturated heterocycles. The first kappa shape index (κ1) is 24.5. The van der Waals surface area contributed by atoms with Crippen LogP contribution in [0.4, 0.5) is 0 Å². The van der Waals surface area contributed by atoms with Crippen LogP contribution in [0.15, 0.2) is 47.6 Å². The van der Waals surface area contributed by atoms with Crippen LogP contribution in [0.25, 0.3) is 0 Å². The molecular weight excluding hydrogens is 384 g/mol. The van der Waals surface area contributed by atoms with E-state index in [0.717, 1.165) is 24.0 Å². The fourth-order valence-electron chi connectivity index (χ4n) is 6.31. The number of rotatable bonds is 5. The van der Waals surface area contributed by atoms with Crippen molar-refractivity contribution < 1.29 is 15.3 Å². The highest BCUT2D eigenvalue weighted by Gasteiger charge is 2.50. The highest BCUT2D eigenvalue weighted by atomic mass is 16.3. The summed E-state index contributed by atoms with van der Waals surface area (Å²) in [5.74, 6) is 1.87. The van der Waals surface area contributed by atoms with Gasteiger partial charge in [0.05, 0.1) is 11.7 Å². The van der Waals surface area contributed by atoms with Crippen molar-refractivity contribution in [2.45, 2.75) is 97.4 Å². The first-order valence-corrected chi connectivity index (χ1v) is 12.3. The van der Waals surface area contributed by atoms with Crippen molar-refractivity contribution in [1.82, 2.24) is 0 Å². The second kappa shape index (κ2) is 9.37. The van der Waals surface area contributed by atoms with Crippen molar-refractivity contribution in [1.29, 1.82) is 0 Å². The standard InChI is InChI=1S/C28H44O3/c1-18-10-16-25(29)26(30)22(18)13-12-21-8-7-17-28(6)23(14-15-24(21)28)19(2)9-11-20(3)27(4,5)31/h9,11-13,19-20,23-26,29-31H,1,7-8,10,14-17H2,2-6H3/b11-9+,21-12+,22-13+/t19-,20+,23-,24+,25+,26?,28-/m1/s1. The Labute approximate surface area is 189 Å². The van der Waals surface area contributed by atoms with Crippen LogP contribution in [-0.2, 0) is 0 Å². The Morgan fingerprint density at radius 3 is 2.45 bits per heavy atom. The van der Waals surface area contributed by atoms with Crippen LogP contribution in [-0.4, -0.2) is 33.1 Å². The summed E-state index contributed by atoms with van der Waals surface area (Å²) in [5, 5.41) is 30.7. The predicted molar refractivity (Wildman–Crippen MR) is 128 cm³/mol. The molecule has 0 aromatic carbocycles. The molecule has 0 bridgehead atoms. The fraction of sp³-hybridized carbons (Fsp3) is 0.714. The summed E-state index contributed by atoms with van der Waals surface area (Å²) >= 11 is 0. The number of aliphatic hydroxyl groups is 3. The van der Waals surface area contributed by atoms with Crippen molar-refractivity contribution in [3.63, 3.8) is 0 Å². The third kappa shape index (κ3) is 5.10. The van der Waals surface area contributed by atoms with Crippen molar-refractivity contribution >= 4 is 0 Å². The van der Waals surface area contributed by atoms with Gasteiger partial charge < -0.3 is 15.3 Å². The number of hydrogen-bond acceptors (Lipinski definition) is 3. The molecule has 0 spiro atoms. The van der Waals surface area contributed by atoms with Gasteiger partial charge in [-0.05, 0) is 93.1 Å². The lowest BCUT2D eigenvalue weighted by molar-refractivity contribution is 0.0299. The molecule has 3 aliphatic carbocycles. The van der Waals surface area contributed by atoms with Gasteiger partial charge in [0.25, 0.3) is 0 Å². The van der Waals surface area contributed by atoms with E-state index in [2.05, 4.69) is 45.6 Å². The zero-order valence-electron chi connectivity index (χ0n) is 20.3. The molecule has 3 N–H and O–H groups in total. The van der Waals surface area contributed by atoms with E-state index in [9.17, 15) is 15.3 Å². The van der Waals surface area contributed by atoms with Gasteiger partial charge in [0, 0.05) is 5.92 Å². The molecule has 0 aliphatic heterocycles. The Morgan fingerprint density at radius 1 is 1.06 bits per heavy atom. The summed E-state index contributed by atoms with van der Waals surface area (Å²) < 4.78 is 0. The van der Waals surface area contributed by atoms with Crippen LogP contribution >= 0.6 is 0 Å². The van der Waals surface area contributed by atoms with Crippen LogP contribution in [0.3, 0.4) is 0 Å². The first-order chi connectivity index (χ1) is 14.4. The molecule has 0 aromatic heterocycles.